The van der Waals surface area contributed by atoms with Crippen molar-refractivity contribution in [1.29, 1.82) is 0 Å². The molecule has 0 saturated carbocycles. The summed E-state index contributed by atoms with van der Waals surface area (Å²) < 4.78 is 31.6. The van der Waals surface area contributed by atoms with E-state index in [1.165, 1.54) is 89.0 Å². The van der Waals surface area contributed by atoms with Gasteiger partial charge in [-0.15, -0.1) is 0 Å². The highest BCUT2D eigenvalue weighted by Crippen LogP contribution is 2.66. The number of para-hydroxylation sites is 2. The first-order valence-electron chi connectivity index (χ1n) is 46.2. The van der Waals surface area contributed by atoms with E-state index in [4.69, 9.17) is 48.0 Å². The summed E-state index contributed by atoms with van der Waals surface area (Å²) >= 11 is 3.62. The topological polar surface area (TPSA) is 132 Å². The lowest BCUT2D eigenvalue weighted by atomic mass is 9.70. The van der Waals surface area contributed by atoms with Gasteiger partial charge in [0.15, 0.2) is 23.3 Å². The Morgan fingerprint density at radius 1 is 0.234 bits per heavy atom. The van der Waals surface area contributed by atoms with E-state index in [-0.39, 0.29) is 12.8 Å². The van der Waals surface area contributed by atoms with E-state index in [0.29, 0.717) is 35.2 Å². The Labute approximate surface area is 799 Å². The van der Waals surface area contributed by atoms with Crippen LogP contribution in [0.1, 0.15) is 79.6 Å². The molecule has 7 heterocycles. The molecule has 14 heteroatoms. The molecule has 4 aliphatic carbocycles. The molecule has 1 aliphatic heterocycles. The summed E-state index contributed by atoms with van der Waals surface area (Å²) in [5.74, 6) is 3.74. The Bertz CT molecular complexity index is 8900. The zero-order valence-electron chi connectivity index (χ0n) is 74.4. The Kier molecular flexibility index (Phi) is 18.5. The minimum absolute atomic E-state index is 0. The SMILES string of the molecule is Brc1ccc2c(c1)c1ccccc1n2-c1nc(-c2ccccc2)nc(-c2ccccc2)n1.C.CC1(C)OB(c2ccc3c(c2)oc2cc4c(cc23)-c2ccccc2C42c3ccccc3-c3ccccc32)OC1(C)C.c1ccc(-c2nc(-c3ccccc3)nc(-n3c4ccccc4c4cc(-c5ccc6c(c5)oc5cc7c(cc56)-c5ccccc5C75c6ccccc6-c6ccccc65)ccc43)n2)cc1. The summed E-state index contributed by atoms with van der Waals surface area (Å²) in [5, 5.41) is 9.03. The van der Waals surface area contributed by atoms with Crippen LogP contribution in [0, 0.1) is 0 Å². The Balaban J connectivity index is 0.000000113. The van der Waals surface area contributed by atoms with Gasteiger partial charge in [-0.25, -0.2) is 9.97 Å². The fourth-order valence-electron chi connectivity index (χ4n) is 22.4. The first-order valence-corrected chi connectivity index (χ1v) is 47.0. The smallest absolute Gasteiger partial charge is 0.456 e. The van der Waals surface area contributed by atoms with Gasteiger partial charge in [0.25, 0.3) is 0 Å². The normalized spacial score (nSPS) is 14.3. The maximum absolute atomic E-state index is 6.91. The number of furan rings is 2. The minimum Gasteiger partial charge on any atom is -0.456 e. The average Bonchev–Trinajstić information content (AvgIpc) is 1.51. The highest BCUT2D eigenvalue weighted by molar-refractivity contribution is 9.10. The van der Waals surface area contributed by atoms with Crippen LogP contribution in [0.5, 0.6) is 0 Å². The Morgan fingerprint density at radius 3 is 0.942 bits per heavy atom. The summed E-state index contributed by atoms with van der Waals surface area (Å²) in [4.78, 5) is 29.9. The van der Waals surface area contributed by atoms with Crippen molar-refractivity contribution in [1.82, 2.24) is 39.0 Å². The molecule has 0 radical (unpaired) electrons. The highest BCUT2D eigenvalue weighted by atomic mass is 79.9. The molecule has 137 heavy (non-hydrogen) atoms. The van der Waals surface area contributed by atoms with Crippen LogP contribution in [0.15, 0.2) is 426 Å². The number of fused-ring (bicyclic) bond motifs is 32. The van der Waals surface area contributed by atoms with Crippen LogP contribution in [-0.2, 0) is 20.1 Å². The molecule has 18 aromatic carbocycles. The molecule has 6 aromatic heterocycles. The van der Waals surface area contributed by atoms with Crippen molar-refractivity contribution in [2.45, 2.75) is 57.2 Å². The monoisotopic (exact) mass is 1830 g/mol. The van der Waals surface area contributed by atoms with Crippen LogP contribution in [0.3, 0.4) is 0 Å². The van der Waals surface area contributed by atoms with E-state index in [1.54, 1.807) is 0 Å². The van der Waals surface area contributed by atoms with Crippen molar-refractivity contribution in [3.63, 3.8) is 0 Å². The second kappa shape index (κ2) is 31.1. The second-order valence-corrected chi connectivity index (χ2v) is 37.9. The van der Waals surface area contributed by atoms with E-state index in [2.05, 4.69) is 338 Å². The van der Waals surface area contributed by atoms with Crippen molar-refractivity contribution in [3.8, 4) is 113 Å². The molecule has 24 aromatic rings. The number of aromatic nitrogens is 8. The molecule has 12 nitrogen and oxygen atoms in total. The second-order valence-electron chi connectivity index (χ2n) is 36.9. The van der Waals surface area contributed by atoms with E-state index in [0.717, 1.165) is 131 Å². The van der Waals surface area contributed by atoms with Crippen molar-refractivity contribution in [2.24, 2.45) is 0 Å². The molecule has 1 fully saturated rings. The molecular formula is C123H84BBrN8O4. The molecule has 0 bridgehead atoms. The molecular weight excluding hydrogens is 1740 g/mol. The summed E-state index contributed by atoms with van der Waals surface area (Å²) in [6, 6.07) is 146. The van der Waals surface area contributed by atoms with Gasteiger partial charge in [-0.05, 0) is 218 Å². The summed E-state index contributed by atoms with van der Waals surface area (Å²) in [6.07, 6.45) is 0. The van der Waals surface area contributed by atoms with Crippen molar-refractivity contribution < 1.29 is 18.1 Å². The molecule has 0 N–H and O–H groups in total. The van der Waals surface area contributed by atoms with Gasteiger partial charge in [0.05, 0.1) is 44.1 Å². The summed E-state index contributed by atoms with van der Waals surface area (Å²) in [7, 11) is -0.427. The molecule has 29 rings (SSSR count). The van der Waals surface area contributed by atoms with Gasteiger partial charge in [-0.1, -0.05) is 351 Å². The molecule has 650 valence electrons. The zero-order valence-corrected chi connectivity index (χ0v) is 76.0. The molecule has 5 aliphatic rings. The summed E-state index contributed by atoms with van der Waals surface area (Å²) in [6.45, 7) is 8.34. The third kappa shape index (κ3) is 12.3. The maximum atomic E-state index is 6.91. The van der Waals surface area contributed by atoms with Crippen LogP contribution >= 0.6 is 15.9 Å². The number of hydrogen-bond acceptors (Lipinski definition) is 10. The van der Waals surface area contributed by atoms with Gasteiger partial charge in [0.2, 0.25) is 11.9 Å². The van der Waals surface area contributed by atoms with Crippen LogP contribution < -0.4 is 5.46 Å². The summed E-state index contributed by atoms with van der Waals surface area (Å²) in [5.41, 5.74) is 34.0. The third-order valence-corrected chi connectivity index (χ3v) is 29.6. The standard InChI is InChI=1S/C58H34N4O.C37H29BO3.C27H17BrN4.CH4/c1-3-15-35(16-4-1)55-59-56(36-17-5-2-6-18-36)61-57(60-55)62-51-26-14-10-22-42(51)45-31-37(28-30-52(45)62)38-27-29-43-46-33-44-41-21-9-13-25-49(41)58(50(44)34-54(46)63-53(43)32-38)47-23-11-7-19-39(47)40-20-8-12-24-48(40)58;1-35(2)36(3,4)41-38(40-35)22-17-18-26-28-20-27-25-13-7-10-16-31(25)37(32(27)21-34(28)39-33(26)19-22)29-14-8-5-11-23(29)24-12-6-9-15-30(24)37;28-20-15-16-24-22(17-20)21-13-7-8-14-23(21)32(24)27-30-25(18-9-3-1-4-10-18)29-26(31-27)19-11-5-2-6-12-19;/h1-34H;5-21H,1-4H3;1-17H;1H4. The van der Waals surface area contributed by atoms with Crippen LogP contribution in [0.2, 0.25) is 0 Å². The lowest BCUT2D eigenvalue weighted by molar-refractivity contribution is 0.00578. The van der Waals surface area contributed by atoms with Gasteiger partial charge in [-0.2, -0.15) is 19.9 Å². The fourth-order valence-corrected chi connectivity index (χ4v) is 22.7. The fraction of sp³-hybridized carbons (Fsp3) is 0.0732. The number of rotatable bonds is 8. The number of hydrogen-bond donors (Lipinski definition) is 0. The minimum atomic E-state index is -0.427. The van der Waals surface area contributed by atoms with Gasteiger partial charge < -0.3 is 18.1 Å². The first-order chi connectivity index (χ1) is 66.8. The molecule has 0 atom stereocenters. The van der Waals surface area contributed by atoms with Gasteiger partial charge in [0, 0.05) is 69.8 Å². The van der Waals surface area contributed by atoms with Crippen molar-refractivity contribution in [2.75, 3.05) is 0 Å². The van der Waals surface area contributed by atoms with E-state index < -0.39 is 23.7 Å². The Morgan fingerprint density at radius 2 is 0.540 bits per heavy atom. The quantitative estimate of drug-likeness (QED) is 0.135. The third-order valence-electron chi connectivity index (χ3n) is 29.1. The lowest BCUT2D eigenvalue weighted by Crippen LogP contribution is -2.41. The van der Waals surface area contributed by atoms with Crippen molar-refractivity contribution in [3.05, 3.63) is 461 Å². The predicted molar refractivity (Wildman–Crippen MR) is 559 cm³/mol. The van der Waals surface area contributed by atoms with Gasteiger partial charge in [-0.3, -0.25) is 9.13 Å². The van der Waals surface area contributed by atoms with E-state index in [1.807, 2.05) is 127 Å². The maximum Gasteiger partial charge on any atom is 0.494 e. The van der Waals surface area contributed by atoms with Gasteiger partial charge in [0.1, 0.15) is 22.3 Å². The molecule has 0 amide bonds. The first kappa shape index (κ1) is 81.4. The molecule has 0 unspecified atom stereocenters. The predicted octanol–water partition coefficient (Wildman–Crippen LogP) is 30.1. The largest absolute Gasteiger partial charge is 0.494 e. The number of nitrogens with zero attached hydrogens (tertiary/aromatic N) is 8. The average molecular weight is 1830 g/mol. The number of benzene rings is 18. The van der Waals surface area contributed by atoms with E-state index in [9.17, 15) is 0 Å². The number of halogens is 1. The van der Waals surface area contributed by atoms with Crippen molar-refractivity contribution >= 4 is 116 Å². The Hall–Kier alpha value is -16.4. The highest BCUT2D eigenvalue weighted by Gasteiger charge is 2.55. The molecule has 2 spiro atoms. The molecule has 1 saturated heterocycles. The van der Waals surface area contributed by atoms with E-state index >= 15 is 0 Å². The lowest BCUT2D eigenvalue weighted by Gasteiger charge is -2.32. The van der Waals surface area contributed by atoms with Crippen LogP contribution in [-0.4, -0.2) is 57.4 Å². The zero-order chi connectivity index (χ0) is 90.4. The van der Waals surface area contributed by atoms with Crippen LogP contribution in [0.25, 0.3) is 201 Å². The van der Waals surface area contributed by atoms with Crippen LogP contribution in [0.4, 0.5) is 0 Å². The van der Waals surface area contributed by atoms with Gasteiger partial charge >= 0.3 is 7.12 Å².